The topological polar surface area (TPSA) is 267 Å². The summed E-state index contributed by atoms with van der Waals surface area (Å²) >= 11 is 0. The van der Waals surface area contributed by atoms with Gasteiger partial charge in [0.05, 0.1) is 12.6 Å². The van der Waals surface area contributed by atoms with Gasteiger partial charge in [-0.05, 0) is 101 Å². The van der Waals surface area contributed by atoms with Crippen LogP contribution in [0.25, 0.3) is 0 Å². The zero-order valence-corrected chi connectivity index (χ0v) is 56.3. The molecule has 0 aromatic rings. The predicted molar refractivity (Wildman–Crippen MR) is 330 cm³/mol. The zero-order valence-electron chi connectivity index (χ0n) is 56.3. The zero-order chi connectivity index (χ0) is 66.0. The lowest BCUT2D eigenvalue weighted by Crippen LogP contribution is -2.62. The monoisotopic (exact) mass is 1200 g/mol. The highest BCUT2D eigenvalue weighted by atomic mass is 16.3. The van der Waals surface area contributed by atoms with Crippen LogP contribution in [0, 0.1) is 47.3 Å². The molecule has 1 aliphatic heterocycles. The summed E-state index contributed by atoms with van der Waals surface area (Å²) in [5.74, 6) is -10.1. The van der Waals surface area contributed by atoms with Gasteiger partial charge in [0.25, 0.3) is 0 Å². The normalized spacial score (nSPS) is 27.0. The number of nitrogens with one attached hydrogen (secondary N) is 3. The van der Waals surface area contributed by atoms with Crippen molar-refractivity contribution >= 4 is 64.9 Å². The molecule has 0 spiro atoms. The van der Waals surface area contributed by atoms with Crippen LogP contribution in [0.3, 0.4) is 0 Å². The molecule has 0 radical (unpaired) electrons. The minimum Gasteiger partial charge on any atom is -0.390 e. The van der Waals surface area contributed by atoms with Crippen LogP contribution in [-0.2, 0) is 52.7 Å². The SMILES string of the molecule is C/C=C/C[C@@H](C)[C@@H](O)C1C(=O)C[C@@H](CC)C(=O)N(C)CC(=O)N(C)[C@@H](CC(C)C)C(=O)N[C@@H](C(C)C)C(=O)N(C)[C@@H](CC(C)C)C(=O)N[C@@H](C)C(=O)N[C@H](C)C(=O)N(C)[C@@H](CC(C)C)C(=O)N(C)[C@@H](CC(C)C)C(=O)N(C)[C@@H](C(C)C)C(=O)N1C. The van der Waals surface area contributed by atoms with Crippen molar-refractivity contribution in [2.24, 2.45) is 47.3 Å². The minimum atomic E-state index is -1.50. The number of aliphatic hydroxyl groups is 1. The highest BCUT2D eigenvalue weighted by Gasteiger charge is 2.45. The molecule has 0 aliphatic carbocycles. The van der Waals surface area contributed by atoms with E-state index in [-0.39, 0.29) is 55.8 Å². The summed E-state index contributed by atoms with van der Waals surface area (Å²) in [5, 5.41) is 20.4. The second-order valence-corrected chi connectivity index (χ2v) is 26.4. The number of hydrogen-bond donors (Lipinski definition) is 4. The summed E-state index contributed by atoms with van der Waals surface area (Å²) in [7, 11) is 10.0. The fraction of sp³-hybridized carbons (Fsp3) is 0.794. The van der Waals surface area contributed by atoms with Crippen molar-refractivity contribution in [3.05, 3.63) is 12.2 Å². The molecular weight excluding hydrogens is 1090 g/mol. The lowest BCUT2D eigenvalue weighted by Gasteiger charge is -2.41. The molecule has 0 saturated carbocycles. The molecule has 1 saturated heterocycles. The lowest BCUT2D eigenvalue weighted by atomic mass is 9.86. The Hall–Kier alpha value is -5.93. The molecule has 22 heteroatoms. The van der Waals surface area contributed by atoms with E-state index in [0.717, 1.165) is 4.90 Å². The number of ketones is 1. The number of aliphatic hydroxyl groups excluding tert-OH is 1. The maximum absolute atomic E-state index is 15.2. The van der Waals surface area contributed by atoms with Crippen LogP contribution < -0.4 is 16.0 Å². The summed E-state index contributed by atoms with van der Waals surface area (Å²) in [6, 6.07) is -10.9. The molecule has 0 aromatic heterocycles. The van der Waals surface area contributed by atoms with Gasteiger partial charge in [0.15, 0.2) is 5.78 Å². The maximum atomic E-state index is 15.2. The third-order valence-electron chi connectivity index (χ3n) is 16.4. The van der Waals surface area contributed by atoms with E-state index in [4.69, 9.17) is 0 Å². The molecule has 10 amide bonds. The molecule has 0 bridgehead atoms. The maximum Gasteiger partial charge on any atom is 0.246 e. The second-order valence-electron chi connectivity index (χ2n) is 26.4. The van der Waals surface area contributed by atoms with Crippen molar-refractivity contribution in [2.45, 2.75) is 223 Å². The summed E-state index contributed by atoms with van der Waals surface area (Å²) in [5.41, 5.74) is 0. The van der Waals surface area contributed by atoms with Crippen LogP contribution in [0.2, 0.25) is 0 Å². The van der Waals surface area contributed by atoms with Gasteiger partial charge < -0.3 is 55.4 Å². The van der Waals surface area contributed by atoms with Crippen molar-refractivity contribution in [1.82, 2.24) is 50.2 Å². The van der Waals surface area contributed by atoms with E-state index >= 15 is 9.59 Å². The quantitative estimate of drug-likeness (QED) is 0.167. The van der Waals surface area contributed by atoms with Crippen LogP contribution in [0.5, 0.6) is 0 Å². The predicted octanol–water partition coefficient (Wildman–Crippen LogP) is 4.36. The Morgan fingerprint density at radius 2 is 0.894 bits per heavy atom. The number of carbonyl (C=O) groups excluding carboxylic acids is 11. The number of nitrogens with zero attached hydrogens (tertiary/aromatic N) is 7. The molecule has 12 atom stereocenters. The Morgan fingerprint density at radius 3 is 1.34 bits per heavy atom. The van der Waals surface area contributed by atoms with Gasteiger partial charge >= 0.3 is 0 Å². The highest BCUT2D eigenvalue weighted by Crippen LogP contribution is 2.27. The van der Waals surface area contributed by atoms with E-state index in [9.17, 15) is 48.3 Å². The van der Waals surface area contributed by atoms with Crippen LogP contribution in [0.1, 0.15) is 163 Å². The molecule has 486 valence electrons. The van der Waals surface area contributed by atoms with Crippen LogP contribution >= 0.6 is 0 Å². The van der Waals surface area contributed by atoms with Gasteiger partial charge in [-0.15, -0.1) is 0 Å². The molecule has 1 aliphatic rings. The molecule has 1 heterocycles. The standard InChI is InChI=1S/C63H112N10O12/c1-25-27-28-41(15)54(76)53-49(74)33-44(26-2)59(81)67(18)34-50(75)68(19)45(29-35(3)4)57(79)66-51(39(11)12)62(84)69(20)46(30-36(5)6)56(78)64-42(16)55(77)65-43(17)58(80)70(21)47(31-37(7)8)60(82)71(22)48(32-38(9)10)61(83)72(23)52(40(13)14)63(85)73(53)24/h25,27,35-48,51-54,76H,26,28-34H2,1-24H3,(H,64,78)(H,65,77)(H,66,79)/b27-25+/t41-,42+,43-,44-,45+,46+,47+,48+,51+,52+,53?,54-/m1/s1. The number of amides is 10. The number of Topliss-reactive ketones (excluding diaryl/α,β-unsaturated/α-hetero) is 1. The smallest absolute Gasteiger partial charge is 0.246 e. The van der Waals surface area contributed by atoms with Gasteiger partial charge in [0.1, 0.15) is 54.4 Å². The van der Waals surface area contributed by atoms with E-state index in [2.05, 4.69) is 16.0 Å². The Balaban J connectivity index is 4.32. The second kappa shape index (κ2) is 35.0. The number of rotatable bonds is 15. The molecule has 1 fully saturated rings. The number of allylic oxidation sites excluding steroid dienone is 2. The molecular formula is C63H112N10O12. The van der Waals surface area contributed by atoms with Crippen molar-refractivity contribution < 1.29 is 57.8 Å². The van der Waals surface area contributed by atoms with Gasteiger partial charge in [-0.1, -0.05) is 109 Å². The van der Waals surface area contributed by atoms with Crippen molar-refractivity contribution in [2.75, 3.05) is 55.9 Å². The van der Waals surface area contributed by atoms with Crippen LogP contribution in [-0.4, -0.2) is 221 Å². The molecule has 85 heavy (non-hydrogen) atoms. The number of hydrogen-bond acceptors (Lipinski definition) is 12. The molecule has 1 rings (SSSR count). The van der Waals surface area contributed by atoms with Gasteiger partial charge in [0.2, 0.25) is 59.1 Å². The van der Waals surface area contributed by atoms with E-state index in [0.29, 0.717) is 6.42 Å². The van der Waals surface area contributed by atoms with E-state index in [1.807, 2.05) is 68.4 Å². The minimum absolute atomic E-state index is 0.125. The van der Waals surface area contributed by atoms with Crippen LogP contribution in [0.15, 0.2) is 12.2 Å². The third-order valence-corrected chi connectivity index (χ3v) is 16.4. The van der Waals surface area contributed by atoms with Crippen molar-refractivity contribution in [1.29, 1.82) is 0 Å². The first-order valence-corrected chi connectivity index (χ1v) is 30.8. The number of likely N-dealkylation sites (N-methyl/N-ethyl adjacent to an activating group) is 7. The third kappa shape index (κ3) is 21.8. The molecule has 4 N–H and O–H groups in total. The number of carbonyl (C=O) groups is 11. The van der Waals surface area contributed by atoms with Crippen molar-refractivity contribution in [3.8, 4) is 0 Å². The summed E-state index contributed by atoms with van der Waals surface area (Å²) < 4.78 is 0. The summed E-state index contributed by atoms with van der Waals surface area (Å²) in [4.78, 5) is 169. The largest absolute Gasteiger partial charge is 0.390 e. The van der Waals surface area contributed by atoms with E-state index in [1.165, 1.54) is 92.6 Å². The summed E-state index contributed by atoms with van der Waals surface area (Å²) in [6.45, 7) is 29.6. The Labute approximate surface area is 509 Å². The average Bonchev–Trinajstić information content (AvgIpc) is 3.62. The Bertz CT molecular complexity index is 2320. The summed E-state index contributed by atoms with van der Waals surface area (Å²) in [6.07, 6.45) is 2.88. The first kappa shape index (κ1) is 77.1. The van der Waals surface area contributed by atoms with Gasteiger partial charge in [-0.2, -0.15) is 0 Å². The first-order valence-electron chi connectivity index (χ1n) is 30.8. The lowest BCUT2D eigenvalue weighted by molar-refractivity contribution is -0.157. The van der Waals surface area contributed by atoms with Gasteiger partial charge in [0, 0.05) is 61.7 Å². The van der Waals surface area contributed by atoms with Crippen molar-refractivity contribution in [3.63, 3.8) is 0 Å². The van der Waals surface area contributed by atoms with E-state index in [1.54, 1.807) is 47.6 Å². The molecule has 22 nitrogen and oxygen atoms in total. The van der Waals surface area contributed by atoms with Gasteiger partial charge in [-0.25, -0.2) is 0 Å². The Morgan fingerprint density at radius 1 is 0.482 bits per heavy atom. The fourth-order valence-corrected chi connectivity index (χ4v) is 11.0. The molecule has 1 unspecified atom stereocenters. The molecule has 0 aromatic carbocycles. The van der Waals surface area contributed by atoms with Crippen LogP contribution in [0.4, 0.5) is 0 Å². The van der Waals surface area contributed by atoms with E-state index < -0.39 is 162 Å². The average molecular weight is 1200 g/mol. The fourth-order valence-electron chi connectivity index (χ4n) is 11.0. The first-order chi connectivity index (χ1) is 39.2. The van der Waals surface area contributed by atoms with Gasteiger partial charge in [-0.3, -0.25) is 52.7 Å². The highest BCUT2D eigenvalue weighted by molar-refractivity contribution is 5.99. The Kier molecular flexibility index (Phi) is 31.8.